The molecule has 8 heteroatoms. The first-order chi connectivity index (χ1) is 13.1. The molecule has 0 spiro atoms. The van der Waals surface area contributed by atoms with Crippen LogP contribution in [0.15, 0.2) is 35.2 Å². The Kier molecular flexibility index (Phi) is 6.69. The van der Waals surface area contributed by atoms with Gasteiger partial charge in [-0.05, 0) is 44.0 Å². The molecular weight excluding hydrogens is 380 g/mol. The number of carbonyl (C=O) groups is 1. The minimum Gasteiger partial charge on any atom is -0.497 e. The third-order valence-corrected chi connectivity index (χ3v) is 6.19. The van der Waals surface area contributed by atoms with E-state index in [-0.39, 0.29) is 17.2 Å². The summed E-state index contributed by atoms with van der Waals surface area (Å²) < 4.78 is 37.2. The van der Waals surface area contributed by atoms with E-state index in [4.69, 9.17) is 9.47 Å². The number of nitrogens with zero attached hydrogens (tertiary/aromatic N) is 1. The third kappa shape index (κ3) is 4.63. The van der Waals surface area contributed by atoms with Crippen molar-refractivity contribution in [2.45, 2.75) is 25.7 Å². The topological polar surface area (TPSA) is 84.9 Å². The van der Waals surface area contributed by atoms with Gasteiger partial charge in [-0.3, -0.25) is 4.79 Å². The predicted molar refractivity (Wildman–Crippen MR) is 109 cm³/mol. The number of hydrogen-bond donors (Lipinski definition) is 1. The van der Waals surface area contributed by atoms with Crippen LogP contribution in [0.25, 0.3) is 0 Å². The highest BCUT2D eigenvalue weighted by molar-refractivity contribution is 7.89. The zero-order valence-electron chi connectivity index (χ0n) is 17.0. The zero-order chi connectivity index (χ0) is 21.1. The Morgan fingerprint density at radius 1 is 1.04 bits per heavy atom. The number of benzene rings is 2. The molecule has 0 aliphatic carbocycles. The van der Waals surface area contributed by atoms with Crippen molar-refractivity contribution in [2.75, 3.05) is 33.1 Å². The smallest absolute Gasteiger partial charge is 0.247 e. The second-order valence-corrected chi connectivity index (χ2v) is 8.61. The molecule has 2 aromatic rings. The SMILES string of the molecule is COc1ccc(OC)c(S(=O)(=O)N(C)CC(=O)Nc2c(C)cc(C)cc2C)c1. The Balaban J connectivity index is 2.24. The Labute approximate surface area is 166 Å². The average Bonchev–Trinajstić information content (AvgIpc) is 2.63. The molecule has 7 nitrogen and oxygen atoms in total. The van der Waals surface area contributed by atoms with Crippen LogP contribution in [-0.2, 0) is 14.8 Å². The largest absolute Gasteiger partial charge is 0.497 e. The number of carbonyl (C=O) groups excluding carboxylic acids is 1. The number of nitrogens with one attached hydrogen (secondary N) is 1. The third-order valence-electron chi connectivity index (χ3n) is 4.37. The highest BCUT2D eigenvalue weighted by Gasteiger charge is 2.27. The van der Waals surface area contributed by atoms with Gasteiger partial charge in [0, 0.05) is 18.8 Å². The number of methoxy groups -OCH3 is 2. The van der Waals surface area contributed by atoms with Crippen molar-refractivity contribution in [1.82, 2.24) is 4.31 Å². The van der Waals surface area contributed by atoms with E-state index in [1.54, 1.807) is 6.07 Å². The predicted octanol–water partition coefficient (Wildman–Crippen LogP) is 2.89. The fraction of sp³-hybridized carbons (Fsp3) is 0.350. The maximum absolute atomic E-state index is 13.0. The van der Waals surface area contributed by atoms with Crippen LogP contribution in [0.3, 0.4) is 0 Å². The summed E-state index contributed by atoms with van der Waals surface area (Å²) >= 11 is 0. The van der Waals surface area contributed by atoms with Crippen LogP contribution < -0.4 is 14.8 Å². The van der Waals surface area contributed by atoms with Crippen molar-refractivity contribution in [1.29, 1.82) is 0 Å². The number of sulfonamides is 1. The van der Waals surface area contributed by atoms with E-state index >= 15 is 0 Å². The van der Waals surface area contributed by atoms with Crippen molar-refractivity contribution in [3.8, 4) is 11.5 Å². The molecule has 0 aromatic heterocycles. The Hall–Kier alpha value is -2.58. The first-order valence-corrected chi connectivity index (χ1v) is 10.1. The van der Waals surface area contributed by atoms with Gasteiger partial charge >= 0.3 is 0 Å². The van der Waals surface area contributed by atoms with Crippen LogP contribution in [0.5, 0.6) is 11.5 Å². The van der Waals surface area contributed by atoms with E-state index in [0.717, 1.165) is 21.0 Å². The lowest BCUT2D eigenvalue weighted by Gasteiger charge is -2.20. The fourth-order valence-corrected chi connectivity index (χ4v) is 4.29. The first-order valence-electron chi connectivity index (χ1n) is 8.66. The molecule has 0 heterocycles. The molecule has 2 rings (SSSR count). The molecule has 0 fully saturated rings. The van der Waals surface area contributed by atoms with Gasteiger partial charge in [-0.1, -0.05) is 17.7 Å². The van der Waals surface area contributed by atoms with Gasteiger partial charge in [0.25, 0.3) is 0 Å². The summed E-state index contributed by atoms with van der Waals surface area (Å²) in [5.41, 5.74) is 3.63. The molecule has 0 aliphatic rings. The van der Waals surface area contributed by atoms with Gasteiger partial charge < -0.3 is 14.8 Å². The van der Waals surface area contributed by atoms with E-state index in [2.05, 4.69) is 5.32 Å². The average molecular weight is 407 g/mol. The molecule has 0 bridgehead atoms. The summed E-state index contributed by atoms with van der Waals surface area (Å²) in [6, 6.07) is 8.41. The van der Waals surface area contributed by atoms with Crippen molar-refractivity contribution < 1.29 is 22.7 Å². The second kappa shape index (κ2) is 8.62. The molecule has 28 heavy (non-hydrogen) atoms. The van der Waals surface area contributed by atoms with Crippen LogP contribution in [0.2, 0.25) is 0 Å². The number of ether oxygens (including phenoxy) is 2. The normalized spacial score (nSPS) is 11.4. The summed E-state index contributed by atoms with van der Waals surface area (Å²) in [4.78, 5) is 12.4. The van der Waals surface area contributed by atoms with Gasteiger partial charge in [0.2, 0.25) is 15.9 Å². The minimum absolute atomic E-state index is 0.0626. The van der Waals surface area contributed by atoms with Gasteiger partial charge in [0.05, 0.1) is 20.8 Å². The molecule has 0 saturated carbocycles. The quantitative estimate of drug-likeness (QED) is 0.764. The van der Waals surface area contributed by atoms with Gasteiger partial charge in [0.15, 0.2) is 0 Å². The zero-order valence-corrected chi connectivity index (χ0v) is 17.8. The summed E-state index contributed by atoms with van der Waals surface area (Å²) in [6.45, 7) is 5.44. The van der Waals surface area contributed by atoms with Crippen molar-refractivity contribution >= 4 is 21.6 Å². The molecular formula is C20H26N2O5S. The van der Waals surface area contributed by atoms with E-state index in [0.29, 0.717) is 11.4 Å². The number of hydrogen-bond acceptors (Lipinski definition) is 5. The molecule has 152 valence electrons. The molecule has 2 aromatic carbocycles. The van der Waals surface area contributed by atoms with Crippen LogP contribution in [-0.4, -0.2) is 46.4 Å². The molecule has 0 atom stereocenters. The standard InChI is InChI=1S/C20H26N2O5S/c1-13-9-14(2)20(15(3)10-13)21-19(23)12-22(4)28(24,25)18-11-16(26-5)7-8-17(18)27-6/h7-11H,12H2,1-6H3,(H,21,23). The maximum Gasteiger partial charge on any atom is 0.247 e. The molecule has 1 N–H and O–H groups in total. The second-order valence-electron chi connectivity index (χ2n) is 6.60. The lowest BCUT2D eigenvalue weighted by Crippen LogP contribution is -2.35. The van der Waals surface area contributed by atoms with E-state index in [1.165, 1.54) is 33.4 Å². The molecule has 0 unspecified atom stereocenters. The molecule has 0 saturated heterocycles. The van der Waals surface area contributed by atoms with Gasteiger partial charge in [0.1, 0.15) is 16.4 Å². The lowest BCUT2D eigenvalue weighted by molar-refractivity contribution is -0.116. The van der Waals surface area contributed by atoms with Crippen molar-refractivity contribution in [2.24, 2.45) is 0 Å². The Morgan fingerprint density at radius 2 is 1.64 bits per heavy atom. The Bertz CT molecular complexity index is 963. The highest BCUT2D eigenvalue weighted by atomic mass is 32.2. The van der Waals surface area contributed by atoms with E-state index < -0.39 is 15.9 Å². The van der Waals surface area contributed by atoms with Crippen LogP contribution >= 0.6 is 0 Å². The van der Waals surface area contributed by atoms with E-state index in [9.17, 15) is 13.2 Å². The lowest BCUT2D eigenvalue weighted by atomic mass is 10.1. The van der Waals surface area contributed by atoms with Crippen LogP contribution in [0, 0.1) is 20.8 Å². The summed E-state index contributed by atoms with van der Waals surface area (Å²) in [6.07, 6.45) is 0. The molecule has 0 radical (unpaired) electrons. The van der Waals surface area contributed by atoms with Crippen molar-refractivity contribution in [3.05, 3.63) is 47.0 Å². The number of aryl methyl sites for hydroxylation is 3. The summed E-state index contributed by atoms with van der Waals surface area (Å²) in [5, 5.41) is 2.81. The van der Waals surface area contributed by atoms with Gasteiger partial charge in [-0.15, -0.1) is 0 Å². The van der Waals surface area contributed by atoms with Gasteiger partial charge in [-0.2, -0.15) is 4.31 Å². The number of amides is 1. The Morgan fingerprint density at radius 3 is 2.18 bits per heavy atom. The number of rotatable bonds is 7. The molecule has 0 aliphatic heterocycles. The fourth-order valence-electron chi connectivity index (χ4n) is 3.00. The maximum atomic E-state index is 13.0. The number of likely N-dealkylation sites (N-methyl/N-ethyl adjacent to an activating group) is 1. The van der Waals surface area contributed by atoms with E-state index in [1.807, 2.05) is 32.9 Å². The monoisotopic (exact) mass is 406 g/mol. The summed E-state index contributed by atoms with van der Waals surface area (Å²) in [5.74, 6) is 0.129. The van der Waals surface area contributed by atoms with Crippen LogP contribution in [0.4, 0.5) is 5.69 Å². The van der Waals surface area contributed by atoms with Crippen LogP contribution in [0.1, 0.15) is 16.7 Å². The molecule has 1 amide bonds. The first kappa shape index (κ1) is 21.7. The van der Waals surface area contributed by atoms with Crippen molar-refractivity contribution in [3.63, 3.8) is 0 Å². The summed E-state index contributed by atoms with van der Waals surface area (Å²) in [7, 11) is 0.220. The van der Waals surface area contributed by atoms with Gasteiger partial charge in [-0.25, -0.2) is 8.42 Å². The highest BCUT2D eigenvalue weighted by Crippen LogP contribution is 2.30. The number of anilines is 1. The minimum atomic E-state index is -3.96.